The molecule has 1 aliphatic carbocycles. The van der Waals surface area contributed by atoms with Gasteiger partial charge in [0, 0.05) is 17.3 Å². The normalized spacial score (nSPS) is 24.6. The predicted molar refractivity (Wildman–Crippen MR) is 90.5 cm³/mol. The van der Waals surface area contributed by atoms with Crippen molar-refractivity contribution in [2.24, 2.45) is 11.3 Å². The Labute approximate surface area is 130 Å². The van der Waals surface area contributed by atoms with Crippen molar-refractivity contribution in [2.45, 2.75) is 71.9 Å². The molecule has 0 aromatic heterocycles. The first-order valence-corrected chi connectivity index (χ1v) is 8.47. The monoisotopic (exact) mass is 289 g/mol. The van der Waals surface area contributed by atoms with Crippen molar-refractivity contribution in [1.82, 2.24) is 0 Å². The fourth-order valence-corrected chi connectivity index (χ4v) is 3.52. The van der Waals surface area contributed by atoms with E-state index in [1.165, 1.54) is 32.1 Å². The van der Waals surface area contributed by atoms with Gasteiger partial charge in [0.05, 0.1) is 6.10 Å². The largest absolute Gasteiger partial charge is 0.389 e. The molecule has 0 radical (unpaired) electrons. The highest BCUT2D eigenvalue weighted by Crippen LogP contribution is 2.41. The van der Waals surface area contributed by atoms with Gasteiger partial charge in [0.25, 0.3) is 0 Å². The lowest BCUT2D eigenvalue weighted by atomic mass is 9.69. The van der Waals surface area contributed by atoms with Gasteiger partial charge in [0.2, 0.25) is 0 Å². The number of hydrogen-bond donors (Lipinski definition) is 2. The van der Waals surface area contributed by atoms with E-state index in [0.717, 1.165) is 17.2 Å². The molecule has 1 aromatic carbocycles. The Morgan fingerprint density at radius 2 is 1.81 bits per heavy atom. The highest BCUT2D eigenvalue weighted by Gasteiger charge is 2.31. The quantitative estimate of drug-likeness (QED) is 0.786. The zero-order valence-electron chi connectivity index (χ0n) is 14.0. The lowest BCUT2D eigenvalue weighted by Gasteiger charge is -2.39. The highest BCUT2D eigenvalue weighted by molar-refractivity contribution is 5.52. The van der Waals surface area contributed by atoms with Crippen LogP contribution < -0.4 is 5.32 Å². The SMILES string of the molecule is CCC(C)(C)C1CCC(Nc2ccccc2C(C)O)CC1. The molecular weight excluding hydrogens is 258 g/mol. The topological polar surface area (TPSA) is 32.3 Å². The zero-order valence-corrected chi connectivity index (χ0v) is 14.0. The molecule has 0 amide bonds. The van der Waals surface area contributed by atoms with Gasteiger partial charge in [-0.2, -0.15) is 0 Å². The molecule has 1 atom stereocenters. The first-order chi connectivity index (χ1) is 9.94. The minimum atomic E-state index is -0.413. The Morgan fingerprint density at radius 1 is 1.19 bits per heavy atom. The molecule has 2 rings (SSSR count). The fraction of sp³-hybridized carbons (Fsp3) is 0.684. The van der Waals surface area contributed by atoms with Crippen LogP contribution >= 0.6 is 0 Å². The summed E-state index contributed by atoms with van der Waals surface area (Å²) < 4.78 is 0. The summed E-state index contributed by atoms with van der Waals surface area (Å²) in [6, 6.07) is 8.69. The third kappa shape index (κ3) is 4.00. The minimum Gasteiger partial charge on any atom is -0.389 e. The van der Waals surface area contributed by atoms with Crippen LogP contribution in [0.2, 0.25) is 0 Å². The molecule has 0 aliphatic heterocycles. The van der Waals surface area contributed by atoms with Crippen molar-refractivity contribution in [2.75, 3.05) is 5.32 Å². The Morgan fingerprint density at radius 3 is 2.38 bits per heavy atom. The summed E-state index contributed by atoms with van der Waals surface area (Å²) in [5, 5.41) is 13.5. The van der Waals surface area contributed by atoms with Crippen LogP contribution in [0, 0.1) is 11.3 Å². The average molecular weight is 289 g/mol. The van der Waals surface area contributed by atoms with E-state index in [1.807, 2.05) is 25.1 Å². The second kappa shape index (κ2) is 6.83. The molecule has 21 heavy (non-hydrogen) atoms. The summed E-state index contributed by atoms with van der Waals surface area (Å²) in [6.45, 7) is 8.97. The van der Waals surface area contributed by atoms with Gasteiger partial charge < -0.3 is 10.4 Å². The van der Waals surface area contributed by atoms with E-state index in [0.29, 0.717) is 11.5 Å². The fourth-order valence-electron chi connectivity index (χ4n) is 3.52. The smallest absolute Gasteiger partial charge is 0.0781 e. The Bertz CT molecular complexity index is 445. The van der Waals surface area contributed by atoms with Gasteiger partial charge in [0.15, 0.2) is 0 Å². The molecule has 118 valence electrons. The van der Waals surface area contributed by atoms with Crippen molar-refractivity contribution < 1.29 is 5.11 Å². The average Bonchev–Trinajstić information content (AvgIpc) is 2.48. The summed E-state index contributed by atoms with van der Waals surface area (Å²) in [6.07, 6.45) is 5.96. The van der Waals surface area contributed by atoms with Crippen molar-refractivity contribution in [3.05, 3.63) is 29.8 Å². The molecule has 1 aliphatic rings. The zero-order chi connectivity index (χ0) is 15.5. The van der Waals surface area contributed by atoms with Gasteiger partial charge in [-0.25, -0.2) is 0 Å². The van der Waals surface area contributed by atoms with E-state index in [-0.39, 0.29) is 0 Å². The maximum atomic E-state index is 9.87. The van der Waals surface area contributed by atoms with E-state index in [4.69, 9.17) is 0 Å². The molecule has 2 N–H and O–H groups in total. The summed E-state index contributed by atoms with van der Waals surface area (Å²) in [5.74, 6) is 0.854. The summed E-state index contributed by atoms with van der Waals surface area (Å²) >= 11 is 0. The van der Waals surface area contributed by atoms with Crippen LogP contribution in [0.5, 0.6) is 0 Å². The third-order valence-electron chi connectivity index (χ3n) is 5.51. The molecule has 0 heterocycles. The van der Waals surface area contributed by atoms with E-state index in [2.05, 4.69) is 32.2 Å². The standard InChI is InChI=1S/C19H31NO/c1-5-19(3,4)15-10-12-16(13-11-15)20-18-9-7-6-8-17(18)14(2)21/h6-9,14-16,20-21H,5,10-13H2,1-4H3. The number of nitrogens with one attached hydrogen (secondary N) is 1. The number of aliphatic hydroxyl groups is 1. The second-order valence-electron chi connectivity index (χ2n) is 7.30. The van der Waals surface area contributed by atoms with Gasteiger partial charge in [-0.1, -0.05) is 45.4 Å². The van der Waals surface area contributed by atoms with Crippen LogP contribution in [0.4, 0.5) is 5.69 Å². The summed E-state index contributed by atoms with van der Waals surface area (Å²) in [5.41, 5.74) is 2.59. The van der Waals surface area contributed by atoms with Crippen LogP contribution in [-0.4, -0.2) is 11.1 Å². The molecule has 1 saturated carbocycles. The van der Waals surface area contributed by atoms with Crippen LogP contribution in [0.3, 0.4) is 0 Å². The van der Waals surface area contributed by atoms with E-state index >= 15 is 0 Å². The number of benzene rings is 1. The molecule has 0 spiro atoms. The Hall–Kier alpha value is -1.02. The van der Waals surface area contributed by atoms with Crippen molar-refractivity contribution in [1.29, 1.82) is 0 Å². The van der Waals surface area contributed by atoms with Gasteiger partial charge in [-0.3, -0.25) is 0 Å². The Balaban J connectivity index is 1.95. The highest BCUT2D eigenvalue weighted by atomic mass is 16.3. The first-order valence-electron chi connectivity index (χ1n) is 8.47. The lowest BCUT2D eigenvalue weighted by molar-refractivity contribution is 0.147. The summed E-state index contributed by atoms with van der Waals surface area (Å²) in [7, 11) is 0. The third-order valence-corrected chi connectivity index (χ3v) is 5.51. The molecule has 0 bridgehead atoms. The van der Waals surface area contributed by atoms with E-state index in [9.17, 15) is 5.11 Å². The maximum absolute atomic E-state index is 9.87. The minimum absolute atomic E-state index is 0.413. The van der Waals surface area contributed by atoms with Gasteiger partial charge >= 0.3 is 0 Å². The maximum Gasteiger partial charge on any atom is 0.0781 e. The van der Waals surface area contributed by atoms with Crippen molar-refractivity contribution in [3.63, 3.8) is 0 Å². The first kappa shape index (κ1) is 16.4. The van der Waals surface area contributed by atoms with Crippen LogP contribution in [0.25, 0.3) is 0 Å². The molecular formula is C19H31NO. The van der Waals surface area contributed by atoms with Gasteiger partial charge in [-0.15, -0.1) is 0 Å². The van der Waals surface area contributed by atoms with E-state index in [1.54, 1.807) is 0 Å². The molecule has 2 heteroatoms. The number of para-hydroxylation sites is 1. The predicted octanol–water partition coefficient (Wildman–Crippen LogP) is 5.15. The summed E-state index contributed by atoms with van der Waals surface area (Å²) in [4.78, 5) is 0. The number of rotatable bonds is 5. The number of anilines is 1. The van der Waals surface area contributed by atoms with Crippen LogP contribution in [0.1, 0.15) is 71.5 Å². The van der Waals surface area contributed by atoms with Crippen molar-refractivity contribution >= 4 is 5.69 Å². The van der Waals surface area contributed by atoms with Crippen molar-refractivity contribution in [3.8, 4) is 0 Å². The molecule has 0 saturated heterocycles. The van der Waals surface area contributed by atoms with Gasteiger partial charge in [0.1, 0.15) is 0 Å². The molecule has 2 nitrogen and oxygen atoms in total. The van der Waals surface area contributed by atoms with Crippen LogP contribution in [0.15, 0.2) is 24.3 Å². The Kier molecular flexibility index (Phi) is 5.32. The van der Waals surface area contributed by atoms with Crippen LogP contribution in [-0.2, 0) is 0 Å². The lowest BCUT2D eigenvalue weighted by Crippen LogP contribution is -2.33. The molecule has 1 aromatic rings. The number of aliphatic hydroxyl groups excluding tert-OH is 1. The molecule has 1 unspecified atom stereocenters. The van der Waals surface area contributed by atoms with Gasteiger partial charge in [-0.05, 0) is 50.0 Å². The van der Waals surface area contributed by atoms with E-state index < -0.39 is 6.10 Å². The number of hydrogen-bond acceptors (Lipinski definition) is 2. The molecule has 1 fully saturated rings. The second-order valence-corrected chi connectivity index (χ2v) is 7.30.